The predicted molar refractivity (Wildman–Crippen MR) is 78.0 cm³/mol. The lowest BCUT2D eigenvalue weighted by Crippen LogP contribution is -2.31. The molecule has 110 valence electrons. The van der Waals surface area contributed by atoms with Crippen LogP contribution < -0.4 is 10.9 Å². The first-order valence-electron chi connectivity index (χ1n) is 7.30. The Hall–Kier alpha value is -1.78. The topological polar surface area (TPSA) is 71.3 Å². The van der Waals surface area contributed by atoms with Crippen LogP contribution >= 0.6 is 0 Å². The highest BCUT2D eigenvalue weighted by Gasteiger charge is 2.26. The zero-order chi connectivity index (χ0) is 14.5. The van der Waals surface area contributed by atoms with Gasteiger partial charge in [0.1, 0.15) is 0 Å². The van der Waals surface area contributed by atoms with E-state index in [2.05, 4.69) is 5.32 Å². The zero-order valence-corrected chi connectivity index (χ0v) is 11.8. The highest BCUT2D eigenvalue weighted by molar-refractivity contribution is 5.70. The fourth-order valence-electron chi connectivity index (χ4n) is 2.81. The van der Waals surface area contributed by atoms with E-state index < -0.39 is 5.97 Å². The largest absolute Gasteiger partial charge is 0.481 e. The van der Waals surface area contributed by atoms with E-state index in [0.717, 1.165) is 31.4 Å². The molecule has 2 rings (SSSR count). The number of carbonyl (C=O) groups is 1. The number of aliphatic carboxylic acids is 1. The molecule has 1 aromatic rings. The van der Waals surface area contributed by atoms with Gasteiger partial charge in [0.2, 0.25) is 0 Å². The van der Waals surface area contributed by atoms with Crippen LogP contribution in [0.5, 0.6) is 0 Å². The Labute approximate surface area is 118 Å². The number of carboxylic acid groups (broad SMARTS) is 1. The highest BCUT2D eigenvalue weighted by Crippen LogP contribution is 2.26. The monoisotopic (exact) mass is 278 g/mol. The minimum absolute atomic E-state index is 0.00413. The standard InChI is InChI=1S/C15H22N2O3/c1-2-8-17-10-13(6-7-14(17)18)16-12-5-3-4-11(9-12)15(19)20/h6-7,10-12,16H,2-5,8-9H2,1H3,(H,19,20). The normalized spacial score (nSPS) is 22.4. The third-order valence-corrected chi connectivity index (χ3v) is 3.84. The number of pyridine rings is 1. The first-order chi connectivity index (χ1) is 9.60. The lowest BCUT2D eigenvalue weighted by molar-refractivity contribution is -0.142. The van der Waals surface area contributed by atoms with Crippen molar-refractivity contribution >= 4 is 11.7 Å². The van der Waals surface area contributed by atoms with E-state index in [1.165, 1.54) is 0 Å². The van der Waals surface area contributed by atoms with Crippen molar-refractivity contribution in [1.29, 1.82) is 0 Å². The molecule has 5 nitrogen and oxygen atoms in total. The molecule has 0 aromatic carbocycles. The average molecular weight is 278 g/mol. The minimum Gasteiger partial charge on any atom is -0.481 e. The van der Waals surface area contributed by atoms with Crippen LogP contribution in [0.2, 0.25) is 0 Å². The van der Waals surface area contributed by atoms with Crippen molar-refractivity contribution in [2.75, 3.05) is 5.32 Å². The van der Waals surface area contributed by atoms with E-state index in [0.29, 0.717) is 13.0 Å². The molecule has 2 atom stereocenters. The van der Waals surface area contributed by atoms with E-state index in [-0.39, 0.29) is 17.5 Å². The third-order valence-electron chi connectivity index (χ3n) is 3.84. The fourth-order valence-corrected chi connectivity index (χ4v) is 2.81. The average Bonchev–Trinajstić information content (AvgIpc) is 2.43. The van der Waals surface area contributed by atoms with E-state index in [9.17, 15) is 9.59 Å². The number of hydrogen-bond acceptors (Lipinski definition) is 3. The van der Waals surface area contributed by atoms with E-state index in [1.807, 2.05) is 13.1 Å². The lowest BCUT2D eigenvalue weighted by Gasteiger charge is -2.28. The molecule has 2 N–H and O–H groups in total. The number of rotatable bonds is 5. The second-order valence-corrected chi connectivity index (χ2v) is 5.49. The van der Waals surface area contributed by atoms with Crippen LogP contribution in [0.1, 0.15) is 39.0 Å². The number of nitrogens with one attached hydrogen (secondary N) is 1. The van der Waals surface area contributed by atoms with Crippen molar-refractivity contribution in [3.05, 3.63) is 28.7 Å². The SMILES string of the molecule is CCCn1cc(NC2CCCC(C(=O)O)C2)ccc1=O. The summed E-state index contributed by atoms with van der Waals surface area (Å²) >= 11 is 0. The third kappa shape index (κ3) is 3.62. The number of aromatic nitrogens is 1. The highest BCUT2D eigenvalue weighted by atomic mass is 16.4. The summed E-state index contributed by atoms with van der Waals surface area (Å²) in [6.07, 6.45) is 6.08. The van der Waals surface area contributed by atoms with Gasteiger partial charge < -0.3 is 15.0 Å². The van der Waals surface area contributed by atoms with Crippen LogP contribution in [0.25, 0.3) is 0 Å². The van der Waals surface area contributed by atoms with Crippen molar-refractivity contribution in [2.24, 2.45) is 5.92 Å². The van der Waals surface area contributed by atoms with E-state index >= 15 is 0 Å². The van der Waals surface area contributed by atoms with Gasteiger partial charge in [0.15, 0.2) is 0 Å². The molecule has 1 aliphatic carbocycles. The van der Waals surface area contributed by atoms with Gasteiger partial charge in [0, 0.05) is 24.8 Å². The van der Waals surface area contributed by atoms with Crippen molar-refractivity contribution in [1.82, 2.24) is 4.57 Å². The Bertz CT molecular complexity index is 524. The maximum absolute atomic E-state index is 11.7. The quantitative estimate of drug-likeness (QED) is 0.867. The van der Waals surface area contributed by atoms with Crippen molar-refractivity contribution < 1.29 is 9.90 Å². The predicted octanol–water partition coefficient (Wildman–Crippen LogP) is 2.31. The summed E-state index contributed by atoms with van der Waals surface area (Å²) in [6, 6.07) is 3.52. The van der Waals surface area contributed by atoms with Crippen LogP contribution in [-0.4, -0.2) is 21.7 Å². The van der Waals surface area contributed by atoms with Crippen LogP contribution in [0.15, 0.2) is 23.1 Å². The molecule has 0 aliphatic heterocycles. The first-order valence-corrected chi connectivity index (χ1v) is 7.30. The number of carboxylic acids is 1. The minimum atomic E-state index is -0.701. The fraction of sp³-hybridized carbons (Fsp3) is 0.600. The number of aryl methyl sites for hydroxylation is 1. The second kappa shape index (κ2) is 6.59. The molecule has 0 spiro atoms. The van der Waals surface area contributed by atoms with Crippen molar-refractivity contribution in [3.63, 3.8) is 0 Å². The van der Waals surface area contributed by atoms with Crippen LogP contribution in [0, 0.1) is 5.92 Å². The summed E-state index contributed by atoms with van der Waals surface area (Å²) in [4.78, 5) is 22.7. The molecule has 0 radical (unpaired) electrons. The van der Waals surface area contributed by atoms with Gasteiger partial charge in [0.25, 0.3) is 5.56 Å². The summed E-state index contributed by atoms with van der Waals surface area (Å²) in [5.41, 5.74) is 0.901. The number of hydrogen-bond donors (Lipinski definition) is 2. The maximum Gasteiger partial charge on any atom is 0.306 e. The van der Waals surface area contributed by atoms with Gasteiger partial charge in [-0.2, -0.15) is 0 Å². The van der Waals surface area contributed by atoms with Crippen molar-refractivity contribution in [2.45, 2.75) is 51.6 Å². The van der Waals surface area contributed by atoms with E-state index in [1.54, 1.807) is 16.7 Å². The second-order valence-electron chi connectivity index (χ2n) is 5.49. The first kappa shape index (κ1) is 14.6. The molecule has 5 heteroatoms. The van der Waals surface area contributed by atoms with Crippen LogP contribution in [0.3, 0.4) is 0 Å². The molecule has 1 fully saturated rings. The van der Waals surface area contributed by atoms with Gasteiger partial charge in [-0.1, -0.05) is 13.3 Å². The summed E-state index contributed by atoms with van der Waals surface area (Å²) in [7, 11) is 0. The molecule has 0 bridgehead atoms. The van der Waals surface area contributed by atoms with Crippen molar-refractivity contribution in [3.8, 4) is 0 Å². The Balaban J connectivity index is 2.04. The molecular weight excluding hydrogens is 256 g/mol. The Morgan fingerprint density at radius 1 is 1.45 bits per heavy atom. The molecule has 2 unspecified atom stereocenters. The Morgan fingerprint density at radius 3 is 2.95 bits per heavy atom. The number of anilines is 1. The van der Waals surface area contributed by atoms with Gasteiger partial charge in [-0.05, 0) is 31.7 Å². The Kier molecular flexibility index (Phi) is 4.82. The van der Waals surface area contributed by atoms with Gasteiger partial charge in [-0.15, -0.1) is 0 Å². The van der Waals surface area contributed by atoms with Crippen LogP contribution in [0.4, 0.5) is 5.69 Å². The molecule has 1 saturated carbocycles. The molecule has 0 amide bonds. The molecule has 20 heavy (non-hydrogen) atoms. The van der Waals surface area contributed by atoms with E-state index in [4.69, 9.17) is 5.11 Å². The molecule has 1 aliphatic rings. The Morgan fingerprint density at radius 2 is 2.25 bits per heavy atom. The van der Waals surface area contributed by atoms with Gasteiger partial charge >= 0.3 is 5.97 Å². The zero-order valence-electron chi connectivity index (χ0n) is 11.8. The summed E-state index contributed by atoms with van der Waals surface area (Å²) in [6.45, 7) is 2.74. The number of nitrogens with zero attached hydrogens (tertiary/aromatic N) is 1. The molecule has 0 saturated heterocycles. The summed E-state index contributed by atoms with van der Waals surface area (Å²) < 4.78 is 1.69. The smallest absolute Gasteiger partial charge is 0.306 e. The maximum atomic E-state index is 11.7. The summed E-state index contributed by atoms with van der Waals surface area (Å²) in [5.74, 6) is -0.949. The van der Waals surface area contributed by atoms with Crippen LogP contribution in [-0.2, 0) is 11.3 Å². The van der Waals surface area contributed by atoms with Gasteiger partial charge in [-0.25, -0.2) is 0 Å². The molecule has 1 heterocycles. The summed E-state index contributed by atoms with van der Waals surface area (Å²) in [5, 5.41) is 12.5. The molecular formula is C15H22N2O3. The lowest BCUT2D eigenvalue weighted by atomic mass is 9.86. The van der Waals surface area contributed by atoms with Gasteiger partial charge in [0.05, 0.1) is 11.6 Å². The molecule has 1 aromatic heterocycles. The van der Waals surface area contributed by atoms with Gasteiger partial charge in [-0.3, -0.25) is 9.59 Å².